The third-order valence-electron chi connectivity index (χ3n) is 2.50. The molecule has 2 aromatic carbocycles. The maximum Gasteiger partial charge on any atom is 0.271 e. The number of ketones is 1. The lowest BCUT2D eigenvalue weighted by Crippen LogP contribution is -2.07. The predicted octanol–water partition coefficient (Wildman–Crippen LogP) is 4.04. The Morgan fingerprint density at radius 2 is 1.58 bits per heavy atom. The van der Waals surface area contributed by atoms with Gasteiger partial charge in [0.15, 0.2) is 5.78 Å². The van der Waals surface area contributed by atoms with E-state index >= 15 is 0 Å². The maximum atomic E-state index is 12.4. The molecule has 96 valence electrons. The zero-order valence-corrected chi connectivity index (χ0v) is 13.8. The smallest absolute Gasteiger partial charge is 0.271 e. The lowest BCUT2D eigenvalue weighted by Gasteiger charge is -2.06. The fraction of sp³-hybridized carbons (Fsp3) is 0. The van der Waals surface area contributed by atoms with Crippen LogP contribution in [-0.2, 0) is 0 Å². The Kier molecular flexibility index (Phi) is 4.50. The van der Waals surface area contributed by atoms with Crippen LogP contribution in [0.2, 0.25) is 0 Å². The number of rotatable bonds is 3. The van der Waals surface area contributed by atoms with Crippen LogP contribution in [0, 0.1) is 17.3 Å². The lowest BCUT2D eigenvalue weighted by atomic mass is 10.0. The average molecular weight is 479 g/mol. The van der Waals surface area contributed by atoms with E-state index in [4.69, 9.17) is 0 Å². The molecular weight excluding hydrogens is 472 g/mol. The molecule has 0 aliphatic carbocycles. The van der Waals surface area contributed by atoms with Crippen LogP contribution in [0.15, 0.2) is 42.5 Å². The topological polar surface area (TPSA) is 60.2 Å². The van der Waals surface area contributed by atoms with Crippen LogP contribution in [-0.4, -0.2) is 10.7 Å². The molecule has 0 aliphatic heterocycles. The van der Waals surface area contributed by atoms with Gasteiger partial charge in [-0.2, -0.15) is 0 Å². The van der Waals surface area contributed by atoms with Gasteiger partial charge in [0.25, 0.3) is 5.69 Å². The minimum Gasteiger partial charge on any atom is -0.289 e. The van der Waals surface area contributed by atoms with Gasteiger partial charge in [0.05, 0.1) is 4.92 Å². The first-order valence-electron chi connectivity index (χ1n) is 5.24. The highest BCUT2D eigenvalue weighted by molar-refractivity contribution is 14.1. The number of halogens is 2. The summed E-state index contributed by atoms with van der Waals surface area (Å²) in [4.78, 5) is 22.7. The van der Waals surface area contributed by atoms with Crippen molar-refractivity contribution in [2.45, 2.75) is 0 Å². The number of nitro benzene ring substituents is 1. The average Bonchev–Trinajstić information content (AvgIpc) is 2.38. The molecule has 0 bridgehead atoms. The van der Waals surface area contributed by atoms with E-state index in [1.165, 1.54) is 12.1 Å². The molecule has 4 nitrogen and oxygen atoms in total. The quantitative estimate of drug-likeness (QED) is 0.289. The Labute approximate surface area is 136 Å². The molecule has 2 rings (SSSR count). The highest BCUT2D eigenvalue weighted by Gasteiger charge is 2.20. The summed E-state index contributed by atoms with van der Waals surface area (Å²) in [5.74, 6) is -0.121. The van der Waals surface area contributed by atoms with Gasteiger partial charge in [0, 0.05) is 30.4 Å². The Bertz CT molecular complexity index is 633. The first kappa shape index (κ1) is 14.4. The van der Waals surface area contributed by atoms with Gasteiger partial charge in [-0.15, -0.1) is 0 Å². The van der Waals surface area contributed by atoms with E-state index in [0.717, 1.165) is 0 Å². The number of carbonyl (C=O) groups excluding carboxylic acids is 1. The Morgan fingerprint density at radius 3 is 2.05 bits per heavy atom. The summed E-state index contributed by atoms with van der Waals surface area (Å²) < 4.78 is 1.18. The third-order valence-corrected chi connectivity index (χ3v) is 4.20. The highest BCUT2D eigenvalue weighted by atomic mass is 127. The molecule has 0 saturated carbocycles. The summed E-state index contributed by atoms with van der Waals surface area (Å²) in [7, 11) is 0. The van der Waals surface area contributed by atoms with Gasteiger partial charge in [0.2, 0.25) is 0 Å². The molecular formula is C13H7I2NO3. The van der Waals surface area contributed by atoms with Gasteiger partial charge in [-0.05, 0) is 45.2 Å². The normalized spacial score (nSPS) is 10.2. The number of hydrogen-bond donors (Lipinski definition) is 0. The lowest BCUT2D eigenvalue weighted by molar-refractivity contribution is -0.385. The number of carbonyl (C=O) groups is 1. The van der Waals surface area contributed by atoms with E-state index in [-0.39, 0.29) is 11.5 Å². The van der Waals surface area contributed by atoms with Crippen LogP contribution in [0.4, 0.5) is 5.69 Å². The summed E-state index contributed by atoms with van der Waals surface area (Å²) in [6, 6.07) is 11.7. The summed E-state index contributed by atoms with van der Waals surface area (Å²) in [5, 5.41) is 10.8. The van der Waals surface area contributed by atoms with Gasteiger partial charge < -0.3 is 0 Å². The van der Waals surface area contributed by atoms with Crippen molar-refractivity contribution in [1.29, 1.82) is 0 Å². The highest BCUT2D eigenvalue weighted by Crippen LogP contribution is 2.27. The molecule has 0 aliphatic rings. The molecule has 0 unspecified atom stereocenters. The molecule has 0 heterocycles. The summed E-state index contributed by atoms with van der Waals surface area (Å²) in [5.41, 5.74) is 1.09. The summed E-state index contributed by atoms with van der Waals surface area (Å²) >= 11 is 3.91. The van der Waals surface area contributed by atoms with Crippen molar-refractivity contribution in [3.8, 4) is 0 Å². The molecule has 0 radical (unpaired) electrons. The van der Waals surface area contributed by atoms with Gasteiger partial charge in [-0.1, -0.05) is 30.3 Å². The van der Waals surface area contributed by atoms with Crippen molar-refractivity contribution in [2.24, 2.45) is 0 Å². The van der Waals surface area contributed by atoms with E-state index < -0.39 is 4.92 Å². The Hall–Kier alpha value is -1.03. The third kappa shape index (κ3) is 3.11. The molecule has 0 fully saturated rings. The van der Waals surface area contributed by atoms with Crippen LogP contribution in [0.25, 0.3) is 0 Å². The van der Waals surface area contributed by atoms with Crippen molar-refractivity contribution in [3.63, 3.8) is 0 Å². The van der Waals surface area contributed by atoms with Crippen molar-refractivity contribution < 1.29 is 9.72 Å². The van der Waals surface area contributed by atoms with Gasteiger partial charge in [0.1, 0.15) is 0 Å². The largest absolute Gasteiger partial charge is 0.289 e. The van der Waals surface area contributed by atoms with Gasteiger partial charge >= 0.3 is 0 Å². The van der Waals surface area contributed by atoms with Gasteiger partial charge in [-0.3, -0.25) is 14.9 Å². The van der Waals surface area contributed by atoms with Crippen LogP contribution >= 0.6 is 45.2 Å². The number of benzene rings is 2. The molecule has 0 atom stereocenters. The molecule has 0 saturated heterocycles. The number of nitro groups is 1. The summed E-state index contributed by atoms with van der Waals surface area (Å²) in [6.45, 7) is 0. The SMILES string of the molecule is O=C(c1ccccc1)c1c(I)cc([N+](=O)[O-])cc1I. The fourth-order valence-electron chi connectivity index (χ4n) is 1.62. The maximum absolute atomic E-state index is 12.4. The van der Waals surface area contributed by atoms with E-state index in [1.807, 2.05) is 51.2 Å². The molecule has 0 aromatic heterocycles. The van der Waals surface area contributed by atoms with Crippen LogP contribution < -0.4 is 0 Å². The van der Waals surface area contributed by atoms with Crippen LogP contribution in [0.1, 0.15) is 15.9 Å². The summed E-state index contributed by atoms with van der Waals surface area (Å²) in [6.07, 6.45) is 0. The van der Waals surface area contributed by atoms with E-state index in [1.54, 1.807) is 24.3 Å². The minimum absolute atomic E-state index is 0.00147. The second-order valence-corrected chi connectivity index (χ2v) is 6.06. The molecule has 0 N–H and O–H groups in total. The Balaban J connectivity index is 2.52. The standard InChI is InChI=1S/C13H7I2NO3/c14-10-6-9(16(18)19)7-11(15)12(10)13(17)8-4-2-1-3-5-8/h1-7H. The van der Waals surface area contributed by atoms with Crippen molar-refractivity contribution in [1.82, 2.24) is 0 Å². The second-order valence-electron chi connectivity index (χ2n) is 3.74. The van der Waals surface area contributed by atoms with Crippen LogP contribution in [0.5, 0.6) is 0 Å². The molecule has 2 aromatic rings. The molecule has 6 heteroatoms. The minimum atomic E-state index is -0.457. The van der Waals surface area contributed by atoms with Crippen LogP contribution in [0.3, 0.4) is 0 Å². The van der Waals surface area contributed by atoms with Gasteiger partial charge in [-0.25, -0.2) is 0 Å². The zero-order chi connectivity index (χ0) is 14.0. The van der Waals surface area contributed by atoms with Crippen molar-refractivity contribution in [3.05, 3.63) is 70.8 Å². The fourth-order valence-corrected chi connectivity index (χ4v) is 3.84. The van der Waals surface area contributed by atoms with Crippen molar-refractivity contribution in [2.75, 3.05) is 0 Å². The molecule has 19 heavy (non-hydrogen) atoms. The second kappa shape index (κ2) is 5.95. The monoisotopic (exact) mass is 479 g/mol. The zero-order valence-electron chi connectivity index (χ0n) is 9.47. The van der Waals surface area contributed by atoms with Crippen molar-refractivity contribution >= 4 is 56.7 Å². The number of nitrogens with zero attached hydrogens (tertiary/aromatic N) is 1. The first-order chi connectivity index (χ1) is 9.00. The number of non-ortho nitro benzene ring substituents is 1. The van der Waals surface area contributed by atoms with E-state index in [9.17, 15) is 14.9 Å². The number of hydrogen-bond acceptors (Lipinski definition) is 3. The predicted molar refractivity (Wildman–Crippen MR) is 88.4 cm³/mol. The molecule has 0 spiro atoms. The van der Waals surface area contributed by atoms with E-state index in [2.05, 4.69) is 0 Å². The van der Waals surface area contributed by atoms with E-state index in [0.29, 0.717) is 18.3 Å². The molecule has 0 amide bonds. The Morgan fingerprint density at radius 1 is 1.05 bits per heavy atom. The first-order valence-corrected chi connectivity index (χ1v) is 7.39.